The van der Waals surface area contributed by atoms with Gasteiger partial charge in [0.2, 0.25) is 0 Å². The molecule has 78 valence electrons. The van der Waals surface area contributed by atoms with Gasteiger partial charge in [-0.1, -0.05) is 36.4 Å². The first-order valence-corrected chi connectivity index (χ1v) is 5.08. The minimum Gasteiger partial charge on any atom is -0.358 e. The van der Waals surface area contributed by atoms with Crippen molar-refractivity contribution in [3.05, 3.63) is 42.0 Å². The van der Waals surface area contributed by atoms with Crippen LogP contribution in [0.5, 0.6) is 0 Å². The van der Waals surface area contributed by atoms with Gasteiger partial charge in [0.25, 0.3) is 0 Å². The molecule has 2 atom stereocenters. The van der Waals surface area contributed by atoms with Crippen LogP contribution in [0.2, 0.25) is 0 Å². The third-order valence-corrected chi connectivity index (χ3v) is 2.86. The summed E-state index contributed by atoms with van der Waals surface area (Å²) in [6.07, 6.45) is 3.46. The van der Waals surface area contributed by atoms with Crippen molar-refractivity contribution < 1.29 is 9.53 Å². The Balaban J connectivity index is 2.04. The Morgan fingerprint density at radius 1 is 1.40 bits per heavy atom. The Bertz CT molecular complexity index is 394. The van der Waals surface area contributed by atoms with E-state index in [1.807, 2.05) is 50.3 Å². The summed E-state index contributed by atoms with van der Waals surface area (Å²) in [7, 11) is 0. The van der Waals surface area contributed by atoms with Crippen molar-refractivity contribution in [3.63, 3.8) is 0 Å². The smallest absolute Gasteiger partial charge is 0.189 e. The maximum absolute atomic E-state index is 11.7. The van der Waals surface area contributed by atoms with Crippen molar-refractivity contribution >= 4 is 11.9 Å². The van der Waals surface area contributed by atoms with Crippen LogP contribution in [0.1, 0.15) is 19.4 Å². The van der Waals surface area contributed by atoms with Crippen molar-refractivity contribution in [2.75, 3.05) is 0 Å². The Kier molecular flexibility index (Phi) is 2.45. The fourth-order valence-electron chi connectivity index (χ4n) is 1.49. The SMILES string of the molecule is C[C@H]1O[C@]1(C)C(=O)/C=C/c1ccccc1. The maximum Gasteiger partial charge on any atom is 0.189 e. The number of ketones is 1. The van der Waals surface area contributed by atoms with Gasteiger partial charge in [-0.05, 0) is 25.5 Å². The highest BCUT2D eigenvalue weighted by Gasteiger charge is 2.53. The molecule has 1 aliphatic heterocycles. The number of hydrogen-bond acceptors (Lipinski definition) is 2. The van der Waals surface area contributed by atoms with Crippen LogP contribution in [0.3, 0.4) is 0 Å². The summed E-state index contributed by atoms with van der Waals surface area (Å²) < 4.78 is 5.25. The van der Waals surface area contributed by atoms with Gasteiger partial charge in [0, 0.05) is 0 Å². The summed E-state index contributed by atoms with van der Waals surface area (Å²) >= 11 is 0. The van der Waals surface area contributed by atoms with Crippen LogP contribution in [0.25, 0.3) is 6.08 Å². The van der Waals surface area contributed by atoms with Gasteiger partial charge in [0.15, 0.2) is 11.4 Å². The lowest BCUT2D eigenvalue weighted by atomic mass is 10.0. The molecule has 15 heavy (non-hydrogen) atoms. The van der Waals surface area contributed by atoms with Gasteiger partial charge < -0.3 is 4.74 Å². The number of carbonyl (C=O) groups excluding carboxylic acids is 1. The second-order valence-electron chi connectivity index (χ2n) is 3.98. The van der Waals surface area contributed by atoms with E-state index >= 15 is 0 Å². The Hall–Kier alpha value is -1.41. The van der Waals surface area contributed by atoms with Crippen LogP contribution >= 0.6 is 0 Å². The highest BCUT2D eigenvalue weighted by Crippen LogP contribution is 2.36. The van der Waals surface area contributed by atoms with E-state index in [2.05, 4.69) is 0 Å². The summed E-state index contributed by atoms with van der Waals surface area (Å²) in [5, 5.41) is 0. The molecule has 0 unspecified atom stereocenters. The summed E-state index contributed by atoms with van der Waals surface area (Å²) in [6, 6.07) is 9.77. The van der Waals surface area contributed by atoms with E-state index in [0.717, 1.165) is 5.56 Å². The topological polar surface area (TPSA) is 29.6 Å². The molecular formula is C13H14O2. The molecule has 0 radical (unpaired) electrons. The van der Waals surface area contributed by atoms with E-state index in [1.165, 1.54) is 0 Å². The first kappa shape index (κ1) is 10.1. The Morgan fingerprint density at radius 3 is 2.53 bits per heavy atom. The van der Waals surface area contributed by atoms with Gasteiger partial charge in [-0.15, -0.1) is 0 Å². The van der Waals surface area contributed by atoms with Crippen LogP contribution in [-0.4, -0.2) is 17.5 Å². The van der Waals surface area contributed by atoms with Crippen molar-refractivity contribution in [3.8, 4) is 0 Å². The number of rotatable bonds is 3. The van der Waals surface area contributed by atoms with Crippen molar-refractivity contribution in [1.82, 2.24) is 0 Å². The molecule has 0 N–H and O–H groups in total. The molecule has 1 aromatic carbocycles. The van der Waals surface area contributed by atoms with E-state index in [0.29, 0.717) is 0 Å². The molecule has 2 nitrogen and oxygen atoms in total. The zero-order chi connectivity index (χ0) is 10.9. The van der Waals surface area contributed by atoms with E-state index in [9.17, 15) is 4.79 Å². The van der Waals surface area contributed by atoms with E-state index in [4.69, 9.17) is 4.74 Å². The zero-order valence-corrected chi connectivity index (χ0v) is 8.94. The first-order chi connectivity index (χ1) is 7.13. The molecule has 2 rings (SSSR count). The molecule has 0 amide bonds. The van der Waals surface area contributed by atoms with E-state index in [1.54, 1.807) is 6.08 Å². The van der Waals surface area contributed by atoms with Crippen LogP contribution in [0, 0.1) is 0 Å². The molecular weight excluding hydrogens is 188 g/mol. The molecule has 2 heteroatoms. The molecule has 0 saturated carbocycles. The average molecular weight is 202 g/mol. The fourth-order valence-corrected chi connectivity index (χ4v) is 1.49. The number of epoxide rings is 1. The van der Waals surface area contributed by atoms with Gasteiger partial charge in [0.05, 0.1) is 6.10 Å². The lowest BCUT2D eigenvalue weighted by molar-refractivity contribution is -0.118. The molecule has 1 heterocycles. The van der Waals surface area contributed by atoms with Crippen molar-refractivity contribution in [2.24, 2.45) is 0 Å². The van der Waals surface area contributed by atoms with Gasteiger partial charge in [-0.25, -0.2) is 0 Å². The lowest BCUT2D eigenvalue weighted by Gasteiger charge is -1.98. The number of benzene rings is 1. The maximum atomic E-state index is 11.7. The third kappa shape index (κ3) is 2.00. The predicted octanol–water partition coefficient (Wildman–Crippen LogP) is 2.45. The largest absolute Gasteiger partial charge is 0.358 e. The molecule has 0 spiro atoms. The van der Waals surface area contributed by atoms with Gasteiger partial charge >= 0.3 is 0 Å². The quantitative estimate of drug-likeness (QED) is 0.556. The minimum atomic E-state index is -0.578. The molecule has 1 aliphatic rings. The summed E-state index contributed by atoms with van der Waals surface area (Å²) in [6.45, 7) is 3.74. The van der Waals surface area contributed by atoms with Crippen molar-refractivity contribution in [1.29, 1.82) is 0 Å². The van der Waals surface area contributed by atoms with Gasteiger partial charge in [-0.3, -0.25) is 4.79 Å². The summed E-state index contributed by atoms with van der Waals surface area (Å²) in [5.41, 5.74) is 0.452. The first-order valence-electron chi connectivity index (χ1n) is 5.08. The highest BCUT2D eigenvalue weighted by atomic mass is 16.6. The number of carbonyl (C=O) groups is 1. The van der Waals surface area contributed by atoms with Crippen LogP contribution in [0.15, 0.2) is 36.4 Å². The average Bonchev–Trinajstić information content (AvgIpc) is 2.86. The highest BCUT2D eigenvalue weighted by molar-refractivity contribution is 6.01. The molecule has 1 aromatic rings. The lowest BCUT2D eigenvalue weighted by Crippen LogP contribution is -2.20. The van der Waals surface area contributed by atoms with Crippen LogP contribution in [0.4, 0.5) is 0 Å². The second-order valence-corrected chi connectivity index (χ2v) is 3.98. The number of ether oxygens (including phenoxy) is 1. The van der Waals surface area contributed by atoms with Crippen LogP contribution in [-0.2, 0) is 9.53 Å². The third-order valence-electron chi connectivity index (χ3n) is 2.86. The van der Waals surface area contributed by atoms with E-state index < -0.39 is 5.60 Å². The van der Waals surface area contributed by atoms with Crippen molar-refractivity contribution in [2.45, 2.75) is 25.6 Å². The normalized spacial score (nSPS) is 29.3. The van der Waals surface area contributed by atoms with Gasteiger partial charge in [0.1, 0.15) is 0 Å². The molecule has 1 fully saturated rings. The van der Waals surface area contributed by atoms with Crippen LogP contribution < -0.4 is 0 Å². The Labute approximate surface area is 89.6 Å². The summed E-state index contributed by atoms with van der Waals surface area (Å²) in [5.74, 6) is 0.0406. The standard InChI is InChI=1S/C13H14O2/c1-10-13(2,15-10)12(14)9-8-11-6-4-3-5-7-11/h3-10H,1-2H3/b9-8+/t10-,13+/m1/s1. The number of hydrogen-bond donors (Lipinski definition) is 0. The fraction of sp³-hybridized carbons (Fsp3) is 0.308. The Morgan fingerprint density at radius 2 is 2.00 bits per heavy atom. The monoisotopic (exact) mass is 202 g/mol. The molecule has 1 saturated heterocycles. The van der Waals surface area contributed by atoms with E-state index in [-0.39, 0.29) is 11.9 Å². The molecule has 0 aliphatic carbocycles. The molecule has 0 bridgehead atoms. The summed E-state index contributed by atoms with van der Waals surface area (Å²) in [4.78, 5) is 11.7. The predicted molar refractivity (Wildman–Crippen MR) is 59.4 cm³/mol. The zero-order valence-electron chi connectivity index (χ0n) is 8.94. The molecule has 0 aromatic heterocycles. The second kappa shape index (κ2) is 3.63. The minimum absolute atomic E-state index is 0.0406. The van der Waals surface area contributed by atoms with Gasteiger partial charge in [-0.2, -0.15) is 0 Å².